The molecule has 0 atom stereocenters. The molecule has 0 amide bonds. The molecule has 5 heteroatoms. The van der Waals surface area contributed by atoms with Crippen LogP contribution in [0.1, 0.15) is 12.0 Å². The number of rotatable bonds is 4. The Kier molecular flexibility index (Phi) is 4.62. The standard InChI is InChI=1S/C9H9ClN2OS/c1-14-9-11-6-7(8(10)12-9)4-2-3-5-13/h2,4-6H,3H2,1H3. The first kappa shape index (κ1) is 11.2. The summed E-state index contributed by atoms with van der Waals surface area (Å²) < 4.78 is 0. The van der Waals surface area contributed by atoms with Crippen molar-refractivity contribution in [2.75, 3.05) is 6.26 Å². The molecule has 0 aliphatic rings. The largest absolute Gasteiger partial charge is 0.303 e. The van der Waals surface area contributed by atoms with Crippen molar-refractivity contribution >= 4 is 35.7 Å². The van der Waals surface area contributed by atoms with Gasteiger partial charge in [-0.1, -0.05) is 35.5 Å². The highest BCUT2D eigenvalue weighted by Gasteiger charge is 2.00. The van der Waals surface area contributed by atoms with Crippen molar-refractivity contribution in [2.45, 2.75) is 11.6 Å². The van der Waals surface area contributed by atoms with E-state index in [2.05, 4.69) is 9.97 Å². The third kappa shape index (κ3) is 3.12. The van der Waals surface area contributed by atoms with Gasteiger partial charge in [-0.05, 0) is 6.26 Å². The molecular formula is C9H9ClN2OS. The third-order valence-electron chi connectivity index (χ3n) is 1.46. The van der Waals surface area contributed by atoms with E-state index in [0.29, 0.717) is 16.7 Å². The molecule has 3 nitrogen and oxygen atoms in total. The molecule has 0 saturated heterocycles. The second-order valence-electron chi connectivity index (χ2n) is 2.41. The van der Waals surface area contributed by atoms with E-state index < -0.39 is 0 Å². The molecule has 0 aliphatic carbocycles. The van der Waals surface area contributed by atoms with Gasteiger partial charge in [0.15, 0.2) is 5.16 Å². The van der Waals surface area contributed by atoms with Gasteiger partial charge in [0, 0.05) is 18.2 Å². The highest BCUT2D eigenvalue weighted by molar-refractivity contribution is 7.98. The van der Waals surface area contributed by atoms with Crippen molar-refractivity contribution in [3.8, 4) is 0 Å². The maximum absolute atomic E-state index is 10.1. The molecule has 0 spiro atoms. The van der Waals surface area contributed by atoms with E-state index in [9.17, 15) is 4.79 Å². The predicted molar refractivity (Wildman–Crippen MR) is 58.5 cm³/mol. The first-order chi connectivity index (χ1) is 6.77. The van der Waals surface area contributed by atoms with Crippen molar-refractivity contribution < 1.29 is 4.79 Å². The highest BCUT2D eigenvalue weighted by atomic mass is 35.5. The number of hydrogen-bond acceptors (Lipinski definition) is 4. The molecule has 1 rings (SSSR count). The van der Waals surface area contributed by atoms with Crippen molar-refractivity contribution in [2.24, 2.45) is 0 Å². The molecule has 1 aromatic heterocycles. The van der Waals surface area contributed by atoms with E-state index in [4.69, 9.17) is 11.6 Å². The second-order valence-corrected chi connectivity index (χ2v) is 3.54. The van der Waals surface area contributed by atoms with Crippen LogP contribution >= 0.6 is 23.4 Å². The fourth-order valence-electron chi connectivity index (χ4n) is 0.816. The van der Waals surface area contributed by atoms with Crippen molar-refractivity contribution in [3.63, 3.8) is 0 Å². The van der Waals surface area contributed by atoms with E-state index >= 15 is 0 Å². The molecule has 74 valence electrons. The van der Waals surface area contributed by atoms with E-state index in [1.165, 1.54) is 11.8 Å². The van der Waals surface area contributed by atoms with Crippen LogP contribution in [0.3, 0.4) is 0 Å². The van der Waals surface area contributed by atoms with E-state index in [-0.39, 0.29) is 0 Å². The zero-order valence-electron chi connectivity index (χ0n) is 7.61. The monoisotopic (exact) mass is 228 g/mol. The molecule has 0 aliphatic heterocycles. The van der Waals surface area contributed by atoms with Crippen LogP contribution in [0.15, 0.2) is 17.4 Å². The lowest BCUT2D eigenvalue weighted by molar-refractivity contribution is -0.107. The third-order valence-corrected chi connectivity index (χ3v) is 2.32. The maximum Gasteiger partial charge on any atom is 0.188 e. The number of aldehydes is 1. The zero-order chi connectivity index (χ0) is 10.4. The first-order valence-corrected chi connectivity index (χ1v) is 5.55. The number of aromatic nitrogens is 2. The molecule has 0 bridgehead atoms. The molecule has 0 saturated carbocycles. The van der Waals surface area contributed by atoms with Crippen LogP contribution in [-0.2, 0) is 4.79 Å². The molecular weight excluding hydrogens is 220 g/mol. The van der Waals surface area contributed by atoms with E-state index in [1.807, 2.05) is 6.26 Å². The Bertz CT molecular complexity index is 355. The van der Waals surface area contributed by atoms with Gasteiger partial charge in [-0.15, -0.1) is 0 Å². The summed E-state index contributed by atoms with van der Waals surface area (Å²) in [5.41, 5.74) is 0.728. The molecule has 0 aromatic carbocycles. The van der Waals surface area contributed by atoms with Crippen molar-refractivity contribution in [1.29, 1.82) is 0 Å². The molecule has 0 radical (unpaired) electrons. The van der Waals surface area contributed by atoms with Gasteiger partial charge in [0.25, 0.3) is 0 Å². The Morgan fingerprint density at radius 1 is 1.64 bits per heavy atom. The Labute approximate surface area is 91.6 Å². The lowest BCUT2D eigenvalue weighted by atomic mass is 10.3. The van der Waals surface area contributed by atoms with Gasteiger partial charge in [-0.25, -0.2) is 9.97 Å². The summed E-state index contributed by atoms with van der Waals surface area (Å²) in [6.07, 6.45) is 8.18. The van der Waals surface area contributed by atoms with Crippen LogP contribution in [-0.4, -0.2) is 22.5 Å². The van der Waals surface area contributed by atoms with Crippen LogP contribution in [0.4, 0.5) is 0 Å². The summed E-state index contributed by atoms with van der Waals surface area (Å²) in [6.45, 7) is 0. The van der Waals surface area contributed by atoms with E-state index in [0.717, 1.165) is 11.8 Å². The van der Waals surface area contributed by atoms with E-state index in [1.54, 1.807) is 18.3 Å². The first-order valence-electron chi connectivity index (χ1n) is 3.94. The van der Waals surface area contributed by atoms with Gasteiger partial charge in [0.05, 0.1) is 0 Å². The molecule has 1 aromatic rings. The summed E-state index contributed by atoms with van der Waals surface area (Å²) in [4.78, 5) is 18.2. The Morgan fingerprint density at radius 2 is 2.43 bits per heavy atom. The molecule has 0 unspecified atom stereocenters. The van der Waals surface area contributed by atoms with Crippen molar-refractivity contribution in [3.05, 3.63) is 23.0 Å². The molecule has 0 N–H and O–H groups in total. The number of allylic oxidation sites excluding steroid dienone is 1. The lowest BCUT2D eigenvalue weighted by Gasteiger charge is -1.98. The van der Waals surface area contributed by atoms with Gasteiger partial charge < -0.3 is 4.79 Å². The van der Waals surface area contributed by atoms with Crippen LogP contribution in [0.5, 0.6) is 0 Å². The number of hydrogen-bond donors (Lipinski definition) is 0. The zero-order valence-corrected chi connectivity index (χ0v) is 9.18. The van der Waals surface area contributed by atoms with Crippen LogP contribution in [0, 0.1) is 0 Å². The quantitative estimate of drug-likeness (QED) is 0.344. The summed E-state index contributed by atoms with van der Waals surface area (Å²) in [5.74, 6) is 0. The number of thioether (sulfide) groups is 1. The number of carbonyl (C=O) groups is 1. The topological polar surface area (TPSA) is 42.9 Å². The van der Waals surface area contributed by atoms with Gasteiger partial charge >= 0.3 is 0 Å². The minimum Gasteiger partial charge on any atom is -0.303 e. The van der Waals surface area contributed by atoms with Gasteiger partial charge in [-0.2, -0.15) is 0 Å². The van der Waals surface area contributed by atoms with Crippen molar-refractivity contribution in [1.82, 2.24) is 9.97 Å². The van der Waals surface area contributed by atoms with Crippen LogP contribution in [0.25, 0.3) is 6.08 Å². The highest BCUT2D eigenvalue weighted by Crippen LogP contribution is 2.17. The van der Waals surface area contributed by atoms with Crippen LogP contribution < -0.4 is 0 Å². The summed E-state index contributed by atoms with van der Waals surface area (Å²) in [5, 5.41) is 1.05. The average Bonchev–Trinajstić information content (AvgIpc) is 2.20. The molecule has 1 heterocycles. The van der Waals surface area contributed by atoms with Gasteiger partial charge in [0.2, 0.25) is 0 Å². The van der Waals surface area contributed by atoms with Gasteiger partial charge in [0.1, 0.15) is 11.4 Å². The van der Waals surface area contributed by atoms with Gasteiger partial charge in [-0.3, -0.25) is 0 Å². The smallest absolute Gasteiger partial charge is 0.188 e. The number of halogens is 1. The minimum atomic E-state index is 0.376. The summed E-state index contributed by atoms with van der Waals surface area (Å²) >= 11 is 7.32. The Morgan fingerprint density at radius 3 is 3.00 bits per heavy atom. The maximum atomic E-state index is 10.1. The average molecular weight is 229 g/mol. The molecule has 0 fully saturated rings. The lowest BCUT2D eigenvalue weighted by Crippen LogP contribution is -1.88. The minimum absolute atomic E-state index is 0.376. The summed E-state index contributed by atoms with van der Waals surface area (Å²) in [6, 6.07) is 0. The normalized spacial score (nSPS) is 10.7. The second kappa shape index (κ2) is 5.78. The molecule has 14 heavy (non-hydrogen) atoms. The fourth-order valence-corrected chi connectivity index (χ4v) is 1.40. The fraction of sp³-hybridized carbons (Fsp3) is 0.222. The Hall–Kier alpha value is -0.870. The predicted octanol–water partition coefficient (Wildman–Crippen LogP) is 2.45. The number of nitrogens with zero attached hydrogens (tertiary/aromatic N) is 2. The van der Waals surface area contributed by atoms with Crippen LogP contribution in [0.2, 0.25) is 5.15 Å². The SMILES string of the molecule is CSc1ncc(C=CCC=O)c(Cl)n1. The number of carbonyl (C=O) groups excluding carboxylic acids is 1. The Balaban J connectivity index is 2.83. The summed E-state index contributed by atoms with van der Waals surface area (Å²) in [7, 11) is 0.